The minimum absolute atomic E-state index is 0.502. The average Bonchev–Trinajstić information content (AvgIpc) is 3.09. The Morgan fingerprint density at radius 3 is 2.54 bits per heavy atom. The lowest BCUT2D eigenvalue weighted by Crippen LogP contribution is -2.38. The van der Waals surface area contributed by atoms with E-state index in [9.17, 15) is 8.42 Å². The molecule has 0 amide bonds. The Balaban J connectivity index is 1.57. The number of piperidine rings is 1. The topological polar surface area (TPSA) is 55.2 Å². The molecule has 5 nitrogen and oxygen atoms in total. The largest absolute Gasteiger partial charge is 0.335 e. The van der Waals surface area contributed by atoms with Crippen molar-refractivity contribution in [1.82, 2.24) is 13.9 Å². The van der Waals surface area contributed by atoms with Crippen molar-refractivity contribution in [2.24, 2.45) is 5.92 Å². The van der Waals surface area contributed by atoms with Gasteiger partial charge in [0.15, 0.2) is 0 Å². The van der Waals surface area contributed by atoms with Crippen molar-refractivity contribution in [2.45, 2.75) is 39.7 Å². The first-order chi connectivity index (χ1) is 12.5. The second-order valence-corrected chi connectivity index (χ2v) is 8.77. The van der Waals surface area contributed by atoms with Gasteiger partial charge in [-0.2, -0.15) is 4.31 Å². The Morgan fingerprint density at radius 2 is 1.88 bits per heavy atom. The van der Waals surface area contributed by atoms with Crippen LogP contribution in [0, 0.1) is 12.8 Å². The van der Waals surface area contributed by atoms with Crippen LogP contribution in [-0.4, -0.2) is 35.4 Å². The lowest BCUT2D eigenvalue weighted by Gasteiger charge is -2.30. The minimum atomic E-state index is -3.36. The van der Waals surface area contributed by atoms with E-state index in [1.54, 1.807) is 10.4 Å². The predicted octanol–water partition coefficient (Wildman–Crippen LogP) is 3.47. The van der Waals surface area contributed by atoms with Crippen LogP contribution in [0.4, 0.5) is 0 Å². The highest BCUT2D eigenvalue weighted by molar-refractivity contribution is 7.92. The van der Waals surface area contributed by atoms with Gasteiger partial charge in [-0.15, -0.1) is 0 Å². The normalized spacial score (nSPS) is 17.2. The number of imidazole rings is 1. The van der Waals surface area contributed by atoms with Crippen molar-refractivity contribution in [3.05, 3.63) is 59.0 Å². The lowest BCUT2D eigenvalue weighted by atomic mass is 9.98. The number of nitrogens with zero attached hydrogens (tertiary/aromatic N) is 3. The number of hydrogen-bond donors (Lipinski definition) is 0. The molecule has 1 aromatic carbocycles. The van der Waals surface area contributed by atoms with Crippen molar-refractivity contribution >= 4 is 16.1 Å². The maximum atomic E-state index is 12.6. The molecule has 1 aliphatic heterocycles. The van der Waals surface area contributed by atoms with E-state index >= 15 is 0 Å². The molecule has 1 aliphatic rings. The minimum Gasteiger partial charge on any atom is -0.335 e. The lowest BCUT2D eigenvalue weighted by molar-refractivity contribution is 0.253. The van der Waals surface area contributed by atoms with E-state index in [-0.39, 0.29) is 0 Å². The molecule has 1 fully saturated rings. The zero-order valence-electron chi connectivity index (χ0n) is 15.5. The number of aromatic nitrogens is 2. The number of hydrogen-bond acceptors (Lipinski definition) is 3. The summed E-state index contributed by atoms with van der Waals surface area (Å²) in [4.78, 5) is 4.36. The van der Waals surface area contributed by atoms with Gasteiger partial charge in [0, 0.05) is 43.9 Å². The van der Waals surface area contributed by atoms with Crippen molar-refractivity contribution < 1.29 is 8.42 Å². The van der Waals surface area contributed by atoms with Crippen molar-refractivity contribution in [3.8, 4) is 0 Å². The molecule has 140 valence electrons. The molecule has 1 aromatic heterocycles. The van der Waals surface area contributed by atoms with Crippen LogP contribution >= 0.6 is 0 Å². The van der Waals surface area contributed by atoms with E-state index in [0.717, 1.165) is 42.8 Å². The van der Waals surface area contributed by atoms with Gasteiger partial charge in [0.1, 0.15) is 5.82 Å². The second kappa shape index (κ2) is 8.18. The standard InChI is InChI=1S/C20H27N3O2S/c1-3-20-21-11-14-22(20)16-19-8-12-23(13-9-19)26(24,25)15-10-18-6-4-17(2)5-7-18/h4-7,10-11,14-15,19H,3,8-9,12-13,16H2,1-2H3/b15-10+. The molecule has 2 aromatic rings. The zero-order chi connectivity index (χ0) is 18.6. The third-order valence-electron chi connectivity index (χ3n) is 5.02. The third-order valence-corrected chi connectivity index (χ3v) is 6.58. The van der Waals surface area contributed by atoms with Crippen LogP contribution in [-0.2, 0) is 23.0 Å². The monoisotopic (exact) mass is 373 g/mol. The maximum Gasteiger partial charge on any atom is 0.236 e. The van der Waals surface area contributed by atoms with Crippen LogP contribution < -0.4 is 0 Å². The Hall–Kier alpha value is -1.92. The molecule has 0 saturated carbocycles. The first kappa shape index (κ1) is 18.9. The summed E-state index contributed by atoms with van der Waals surface area (Å²) in [6.07, 6.45) is 8.24. The van der Waals surface area contributed by atoms with E-state index in [2.05, 4.69) is 16.5 Å². The van der Waals surface area contributed by atoms with E-state index in [4.69, 9.17) is 0 Å². The van der Waals surface area contributed by atoms with E-state index in [1.807, 2.05) is 43.6 Å². The van der Waals surface area contributed by atoms with Crippen molar-refractivity contribution in [1.29, 1.82) is 0 Å². The van der Waals surface area contributed by atoms with Crippen LogP contribution in [0.3, 0.4) is 0 Å². The first-order valence-electron chi connectivity index (χ1n) is 9.23. The van der Waals surface area contributed by atoms with Gasteiger partial charge in [-0.3, -0.25) is 0 Å². The average molecular weight is 374 g/mol. The fourth-order valence-corrected chi connectivity index (χ4v) is 4.59. The van der Waals surface area contributed by atoms with Crippen molar-refractivity contribution in [2.75, 3.05) is 13.1 Å². The molecule has 1 saturated heterocycles. The number of rotatable bonds is 6. The molecule has 0 aliphatic carbocycles. The molecular formula is C20H27N3O2S. The van der Waals surface area contributed by atoms with Crippen LogP contribution in [0.2, 0.25) is 0 Å². The Morgan fingerprint density at radius 1 is 1.19 bits per heavy atom. The molecule has 0 N–H and O–H groups in total. The highest BCUT2D eigenvalue weighted by Crippen LogP contribution is 2.23. The van der Waals surface area contributed by atoms with Crippen LogP contribution in [0.5, 0.6) is 0 Å². The second-order valence-electron chi connectivity index (χ2n) is 6.95. The summed E-state index contributed by atoms with van der Waals surface area (Å²) in [5.41, 5.74) is 2.07. The number of sulfonamides is 1. The summed E-state index contributed by atoms with van der Waals surface area (Å²) in [5, 5.41) is 1.34. The van der Waals surface area contributed by atoms with Crippen LogP contribution in [0.15, 0.2) is 42.1 Å². The van der Waals surface area contributed by atoms with Gasteiger partial charge in [-0.1, -0.05) is 36.8 Å². The SMILES string of the molecule is CCc1nccn1CC1CCN(S(=O)(=O)/C=C/c2ccc(C)cc2)CC1. The molecule has 0 unspecified atom stereocenters. The molecule has 6 heteroatoms. The molecule has 0 bridgehead atoms. The summed E-state index contributed by atoms with van der Waals surface area (Å²) in [7, 11) is -3.36. The van der Waals surface area contributed by atoms with E-state index < -0.39 is 10.0 Å². The highest BCUT2D eigenvalue weighted by Gasteiger charge is 2.26. The molecule has 0 atom stereocenters. The van der Waals surface area contributed by atoms with Gasteiger partial charge >= 0.3 is 0 Å². The van der Waals surface area contributed by atoms with Crippen LogP contribution in [0.1, 0.15) is 36.7 Å². The predicted molar refractivity (Wildman–Crippen MR) is 105 cm³/mol. The fourth-order valence-electron chi connectivity index (χ4n) is 3.37. The van der Waals surface area contributed by atoms with Gasteiger partial charge in [0.05, 0.1) is 0 Å². The molecular weight excluding hydrogens is 346 g/mol. The maximum absolute atomic E-state index is 12.6. The summed E-state index contributed by atoms with van der Waals surface area (Å²) >= 11 is 0. The summed E-state index contributed by atoms with van der Waals surface area (Å²) in [6.45, 7) is 6.22. The Kier molecular flexibility index (Phi) is 5.94. The molecule has 26 heavy (non-hydrogen) atoms. The molecule has 2 heterocycles. The quantitative estimate of drug-likeness (QED) is 0.779. The highest BCUT2D eigenvalue weighted by atomic mass is 32.2. The summed E-state index contributed by atoms with van der Waals surface area (Å²) in [6, 6.07) is 7.84. The van der Waals surface area contributed by atoms with Gasteiger partial charge in [0.25, 0.3) is 0 Å². The van der Waals surface area contributed by atoms with E-state index in [0.29, 0.717) is 19.0 Å². The van der Waals surface area contributed by atoms with Gasteiger partial charge < -0.3 is 4.57 Å². The number of benzene rings is 1. The Labute approximate surface area is 156 Å². The first-order valence-corrected chi connectivity index (χ1v) is 10.7. The molecule has 0 radical (unpaired) electrons. The van der Waals surface area contributed by atoms with Crippen LogP contribution in [0.25, 0.3) is 6.08 Å². The van der Waals surface area contributed by atoms with E-state index in [1.165, 1.54) is 5.41 Å². The molecule has 0 spiro atoms. The van der Waals surface area contributed by atoms with Gasteiger partial charge in [0.2, 0.25) is 10.0 Å². The Bertz CT molecular complexity index is 845. The van der Waals surface area contributed by atoms with Crippen molar-refractivity contribution in [3.63, 3.8) is 0 Å². The summed E-state index contributed by atoms with van der Waals surface area (Å²) in [5.74, 6) is 1.60. The summed E-state index contributed by atoms with van der Waals surface area (Å²) < 4.78 is 28.9. The fraction of sp³-hybridized carbons (Fsp3) is 0.450. The van der Waals surface area contributed by atoms with Gasteiger partial charge in [-0.05, 0) is 37.3 Å². The smallest absolute Gasteiger partial charge is 0.236 e. The van der Waals surface area contributed by atoms with Gasteiger partial charge in [-0.25, -0.2) is 13.4 Å². The number of aryl methyl sites for hydroxylation is 2. The molecule has 3 rings (SSSR count). The third kappa shape index (κ3) is 4.62. The zero-order valence-corrected chi connectivity index (χ0v) is 16.3.